The van der Waals surface area contributed by atoms with E-state index in [1.54, 1.807) is 19.1 Å². The minimum absolute atomic E-state index is 0.130. The van der Waals surface area contributed by atoms with E-state index in [1.165, 1.54) is 5.56 Å². The molecule has 0 saturated heterocycles. The summed E-state index contributed by atoms with van der Waals surface area (Å²) >= 11 is 0. The molecule has 7 nitrogen and oxygen atoms in total. The van der Waals surface area contributed by atoms with Crippen LogP contribution in [0.25, 0.3) is 16.6 Å². The Kier molecular flexibility index (Phi) is 7.12. The van der Waals surface area contributed by atoms with Gasteiger partial charge >= 0.3 is 0 Å². The molecular formula is C32H40F2N5O2+. The van der Waals surface area contributed by atoms with Crippen LogP contribution in [-0.2, 0) is 11.3 Å². The van der Waals surface area contributed by atoms with Gasteiger partial charge in [0.15, 0.2) is 6.04 Å². The third-order valence-electron chi connectivity index (χ3n) is 9.24. The molecule has 2 aromatic heterocycles. The number of carbonyl (C=O) groups excluding carboxylic acids is 1. The molecule has 1 saturated carbocycles. The second-order valence-electron chi connectivity index (χ2n) is 13.0. The Morgan fingerprint density at radius 2 is 1.88 bits per heavy atom. The molecule has 6 rings (SSSR count). The van der Waals surface area contributed by atoms with Gasteiger partial charge in [-0.05, 0) is 73.8 Å². The Morgan fingerprint density at radius 3 is 2.63 bits per heavy atom. The summed E-state index contributed by atoms with van der Waals surface area (Å²) in [6.07, 6.45) is 0.987. The van der Waals surface area contributed by atoms with E-state index < -0.39 is 12.5 Å². The number of nitrogens with zero attached hydrogens (tertiary/aromatic N) is 4. The van der Waals surface area contributed by atoms with Crippen LogP contribution in [0.15, 0.2) is 36.1 Å². The van der Waals surface area contributed by atoms with E-state index >= 15 is 0 Å². The summed E-state index contributed by atoms with van der Waals surface area (Å²) in [5.41, 5.74) is 4.83. The lowest BCUT2D eigenvalue weighted by Crippen LogP contribution is -2.56. The van der Waals surface area contributed by atoms with E-state index in [1.807, 2.05) is 20.2 Å². The molecule has 1 fully saturated rings. The van der Waals surface area contributed by atoms with Gasteiger partial charge < -0.3 is 13.8 Å². The van der Waals surface area contributed by atoms with Crippen molar-refractivity contribution in [3.63, 3.8) is 0 Å². The lowest BCUT2D eigenvalue weighted by molar-refractivity contribution is -0.912. The van der Waals surface area contributed by atoms with Crippen LogP contribution in [0, 0.1) is 18.8 Å². The monoisotopic (exact) mass is 564 g/mol. The number of pyridine rings is 1. The van der Waals surface area contributed by atoms with E-state index in [9.17, 15) is 13.6 Å². The van der Waals surface area contributed by atoms with Gasteiger partial charge in [-0.1, -0.05) is 19.9 Å². The van der Waals surface area contributed by atoms with Gasteiger partial charge in [-0.3, -0.25) is 15.1 Å². The number of halogens is 2. The molecule has 0 radical (unpaired) electrons. The summed E-state index contributed by atoms with van der Waals surface area (Å²) in [7, 11) is 3.66. The molecule has 1 aromatic carbocycles. The normalized spacial score (nSPS) is 24.5. The van der Waals surface area contributed by atoms with Crippen LogP contribution in [-0.4, -0.2) is 64.6 Å². The number of anilines is 1. The van der Waals surface area contributed by atoms with Crippen molar-refractivity contribution in [2.75, 3.05) is 32.6 Å². The molecule has 1 amide bonds. The summed E-state index contributed by atoms with van der Waals surface area (Å²) in [4.78, 5) is 23.3. The number of aromatic nitrogens is 3. The second kappa shape index (κ2) is 10.5. The lowest BCUT2D eigenvalue weighted by atomic mass is 9.92. The fraction of sp³-hybridized carbons (Fsp3) is 0.531. The largest absolute Gasteiger partial charge is 0.497 e. The first-order valence-electron chi connectivity index (χ1n) is 14.8. The van der Waals surface area contributed by atoms with Crippen LogP contribution in [0.3, 0.4) is 0 Å². The van der Waals surface area contributed by atoms with Crippen LogP contribution in [0.1, 0.15) is 72.8 Å². The molecule has 0 spiro atoms. The number of alkyl halides is 2. The number of imidazole rings is 1. The maximum Gasteiger partial charge on any atom is 0.293 e. The van der Waals surface area contributed by atoms with Crippen molar-refractivity contribution in [1.29, 1.82) is 0 Å². The Balaban J connectivity index is 1.50. The molecule has 4 bridgehead atoms. The van der Waals surface area contributed by atoms with Crippen molar-refractivity contribution in [2.24, 2.45) is 11.8 Å². The summed E-state index contributed by atoms with van der Waals surface area (Å²) in [6.45, 7) is 7.93. The van der Waals surface area contributed by atoms with Gasteiger partial charge in [0, 0.05) is 17.8 Å². The number of amides is 1. The summed E-state index contributed by atoms with van der Waals surface area (Å²) in [6, 6.07) is 8.54. The van der Waals surface area contributed by atoms with Crippen molar-refractivity contribution >= 4 is 28.5 Å². The number of carbonyl (C=O) groups is 1. The van der Waals surface area contributed by atoms with Gasteiger partial charge in [0.1, 0.15) is 5.76 Å². The van der Waals surface area contributed by atoms with Gasteiger partial charge in [-0.2, -0.15) is 0 Å². The van der Waals surface area contributed by atoms with E-state index in [0.29, 0.717) is 71.6 Å². The Bertz CT molecular complexity index is 1530. The number of likely N-dealkylation sites (N-methyl/N-ethyl adjacent to an activating group) is 1. The van der Waals surface area contributed by atoms with Gasteiger partial charge in [-0.15, -0.1) is 0 Å². The van der Waals surface area contributed by atoms with Crippen molar-refractivity contribution in [2.45, 2.75) is 71.4 Å². The molecule has 3 aromatic rings. The van der Waals surface area contributed by atoms with Crippen molar-refractivity contribution in [1.82, 2.24) is 14.5 Å². The third-order valence-corrected chi connectivity index (χ3v) is 9.24. The highest BCUT2D eigenvalue weighted by atomic mass is 19.3. The number of hydrogen-bond acceptors (Lipinski definition) is 4. The molecule has 3 unspecified atom stereocenters. The predicted octanol–water partition coefficient (Wildman–Crippen LogP) is 6.39. The molecule has 9 heteroatoms. The molecule has 1 aliphatic carbocycles. The fourth-order valence-electron chi connectivity index (χ4n) is 6.92. The number of ether oxygens (including phenoxy) is 1. The van der Waals surface area contributed by atoms with Gasteiger partial charge in [0.25, 0.3) is 12.3 Å². The molecule has 3 atom stereocenters. The number of rotatable bonds is 2. The number of quaternary nitrogens is 1. The molecule has 41 heavy (non-hydrogen) atoms. The third kappa shape index (κ3) is 5.25. The summed E-state index contributed by atoms with van der Waals surface area (Å²) < 4.78 is 38.2. The van der Waals surface area contributed by atoms with Gasteiger partial charge in [-0.25, -0.2) is 13.8 Å². The van der Waals surface area contributed by atoms with Crippen LogP contribution in [0.4, 0.5) is 14.7 Å². The Hall–Kier alpha value is -3.33. The summed E-state index contributed by atoms with van der Waals surface area (Å²) in [5.74, 6) is 1.88. The minimum atomic E-state index is -2.60. The Labute approximate surface area is 240 Å². The average Bonchev–Trinajstić information content (AvgIpc) is 3.50. The number of hydrogen-bond donors (Lipinski definition) is 1. The van der Waals surface area contributed by atoms with Crippen molar-refractivity contribution in [3.05, 3.63) is 58.6 Å². The van der Waals surface area contributed by atoms with E-state index in [-0.39, 0.29) is 10.4 Å². The van der Waals surface area contributed by atoms with E-state index in [0.717, 1.165) is 36.8 Å². The molecule has 3 aliphatic rings. The molecular weight excluding hydrogens is 524 g/mol. The zero-order valence-electron chi connectivity index (χ0n) is 24.6. The summed E-state index contributed by atoms with van der Waals surface area (Å²) in [5, 5.41) is 3.07. The van der Waals surface area contributed by atoms with Crippen LogP contribution < -0.4 is 5.32 Å². The van der Waals surface area contributed by atoms with Gasteiger partial charge in [0.05, 0.1) is 56.0 Å². The highest BCUT2D eigenvalue weighted by Gasteiger charge is 2.46. The molecule has 2 aliphatic heterocycles. The maximum absolute atomic E-state index is 14.7. The lowest BCUT2D eigenvalue weighted by Gasteiger charge is -2.42. The highest BCUT2D eigenvalue weighted by molar-refractivity contribution is 6.04. The highest BCUT2D eigenvalue weighted by Crippen LogP contribution is 2.40. The average molecular weight is 565 g/mol. The number of aryl methyl sites for hydroxylation is 1. The smallest absolute Gasteiger partial charge is 0.293 e. The number of nitrogens with one attached hydrogen (secondary N) is 1. The van der Waals surface area contributed by atoms with Gasteiger partial charge in [0.2, 0.25) is 5.95 Å². The van der Waals surface area contributed by atoms with E-state index in [2.05, 4.69) is 40.8 Å². The number of benzene rings is 1. The van der Waals surface area contributed by atoms with Crippen LogP contribution in [0.2, 0.25) is 0 Å². The maximum atomic E-state index is 14.7. The molecule has 218 valence electrons. The van der Waals surface area contributed by atoms with Crippen LogP contribution in [0.5, 0.6) is 0 Å². The second-order valence-corrected chi connectivity index (χ2v) is 13.0. The zero-order chi connectivity index (χ0) is 29.1. The SMILES string of the molecule is Cc1cc2cc(n1)C1=C(CC[N+](C)(C)C1C(F)F)OCC1CCC(C1)Cn1c(nc3ccc(C(C)C)cc31)NC2=O. The fourth-order valence-corrected chi connectivity index (χ4v) is 6.92. The zero-order valence-corrected chi connectivity index (χ0v) is 24.6. The molecule has 4 heterocycles. The standard InChI is InChI=1S/C32H39F2N5O2/c1-18(2)22-8-9-24-26(15-22)38-16-20-6-7-21(13-20)17-41-27-10-11-39(4,5)29(30(33)34)28(27)25-14-23(12-19(3)35-25)31(40)37-32(38)36-24/h8-9,12,14-15,18,20-21,29-30H,6-7,10-11,13,16-17H2,1-5H3/p+1. The Morgan fingerprint density at radius 1 is 1.10 bits per heavy atom. The first-order chi connectivity index (χ1) is 19.5. The minimum Gasteiger partial charge on any atom is -0.497 e. The van der Waals surface area contributed by atoms with Crippen molar-refractivity contribution < 1.29 is 22.8 Å². The first-order valence-corrected chi connectivity index (χ1v) is 14.8. The first kappa shape index (κ1) is 27.8. The van der Waals surface area contributed by atoms with Crippen LogP contribution >= 0.6 is 0 Å². The number of fused-ring (bicyclic) bond motifs is 8. The topological polar surface area (TPSA) is 69.0 Å². The molecule has 1 N–H and O–H groups in total. The van der Waals surface area contributed by atoms with E-state index in [4.69, 9.17) is 9.72 Å². The quantitative estimate of drug-likeness (QED) is 0.367. The predicted molar refractivity (Wildman–Crippen MR) is 156 cm³/mol. The van der Waals surface area contributed by atoms with Crippen molar-refractivity contribution in [3.8, 4) is 0 Å².